The Balaban J connectivity index is 1.72. The van der Waals surface area contributed by atoms with E-state index in [1.165, 1.54) is 0 Å². The Morgan fingerprint density at radius 2 is 2.00 bits per heavy atom. The Labute approximate surface area is 155 Å². The van der Waals surface area contributed by atoms with Crippen molar-refractivity contribution >= 4 is 34.1 Å². The Morgan fingerprint density at radius 3 is 2.73 bits per heavy atom. The average Bonchev–Trinajstić information content (AvgIpc) is 3.20. The third-order valence-corrected chi connectivity index (χ3v) is 4.48. The highest BCUT2D eigenvalue weighted by Crippen LogP contribution is 2.29. The van der Waals surface area contributed by atoms with Gasteiger partial charge in [-0.3, -0.25) is 0 Å². The highest BCUT2D eigenvalue weighted by atomic mass is 35.5. The summed E-state index contributed by atoms with van der Waals surface area (Å²) in [5.41, 5.74) is 4.30. The number of nitrogens with one attached hydrogen (secondary N) is 1. The lowest BCUT2D eigenvalue weighted by Gasteiger charge is -2.11. The van der Waals surface area contributed by atoms with Crippen molar-refractivity contribution in [3.8, 4) is 11.6 Å². The standard InChI is InChI=1S/C18H17ClN6O/c1-11-9-25(10-20-11)14-7-8-15(22-17(14)26-3)21-12-5-4-6-13-16(12)23-18(19)24(13)2/h4-10H,1-3H3,(H,21,22). The molecule has 0 radical (unpaired) electrons. The summed E-state index contributed by atoms with van der Waals surface area (Å²) >= 11 is 6.15. The molecular formula is C18H17ClN6O. The van der Waals surface area contributed by atoms with Crippen molar-refractivity contribution in [2.24, 2.45) is 7.05 Å². The second kappa shape index (κ2) is 6.34. The van der Waals surface area contributed by atoms with Crippen LogP contribution in [0.3, 0.4) is 0 Å². The van der Waals surface area contributed by atoms with E-state index in [2.05, 4.69) is 20.3 Å². The first-order valence-electron chi connectivity index (χ1n) is 8.01. The Bertz CT molecular complexity index is 1100. The lowest BCUT2D eigenvalue weighted by Crippen LogP contribution is -2.01. The van der Waals surface area contributed by atoms with Crippen LogP contribution in [0.25, 0.3) is 16.7 Å². The molecule has 26 heavy (non-hydrogen) atoms. The summed E-state index contributed by atoms with van der Waals surface area (Å²) in [6.07, 6.45) is 3.65. The zero-order valence-corrected chi connectivity index (χ0v) is 15.3. The zero-order valence-electron chi connectivity index (χ0n) is 14.6. The van der Waals surface area contributed by atoms with Gasteiger partial charge in [0.2, 0.25) is 11.2 Å². The highest BCUT2D eigenvalue weighted by molar-refractivity contribution is 6.29. The number of imidazole rings is 2. The SMILES string of the molecule is COc1nc(Nc2cccc3c2nc(Cl)n3C)ccc1-n1cnc(C)c1. The summed E-state index contributed by atoms with van der Waals surface area (Å²) in [5.74, 6) is 1.15. The smallest absolute Gasteiger partial charge is 0.240 e. The van der Waals surface area contributed by atoms with Gasteiger partial charge in [0.25, 0.3) is 0 Å². The molecule has 0 atom stereocenters. The molecule has 0 saturated carbocycles. The minimum atomic E-state index is 0.436. The van der Waals surface area contributed by atoms with E-state index in [4.69, 9.17) is 16.3 Å². The molecule has 0 aliphatic carbocycles. The number of anilines is 2. The summed E-state index contributed by atoms with van der Waals surface area (Å²) in [7, 11) is 3.48. The molecule has 0 aliphatic rings. The number of ether oxygens (including phenoxy) is 1. The molecule has 1 N–H and O–H groups in total. The topological polar surface area (TPSA) is 69.8 Å². The van der Waals surface area contributed by atoms with Crippen LogP contribution in [0.5, 0.6) is 5.88 Å². The number of rotatable bonds is 4. The average molecular weight is 369 g/mol. The molecule has 0 amide bonds. The molecule has 0 aliphatic heterocycles. The van der Waals surface area contributed by atoms with Crippen molar-refractivity contribution in [3.63, 3.8) is 0 Å². The van der Waals surface area contributed by atoms with Crippen LogP contribution in [0.1, 0.15) is 5.69 Å². The van der Waals surface area contributed by atoms with Gasteiger partial charge in [0.1, 0.15) is 17.0 Å². The number of aromatic nitrogens is 5. The van der Waals surface area contributed by atoms with E-state index >= 15 is 0 Å². The third-order valence-electron chi connectivity index (χ3n) is 4.14. The number of methoxy groups -OCH3 is 1. The molecule has 132 valence electrons. The molecule has 0 saturated heterocycles. The molecular weight excluding hydrogens is 352 g/mol. The second-order valence-corrected chi connectivity index (χ2v) is 6.22. The molecule has 3 heterocycles. The normalized spacial score (nSPS) is 11.1. The first-order valence-corrected chi connectivity index (χ1v) is 8.38. The summed E-state index contributed by atoms with van der Waals surface area (Å²) in [5, 5.41) is 3.73. The van der Waals surface area contributed by atoms with Crippen LogP contribution in [0.2, 0.25) is 5.28 Å². The van der Waals surface area contributed by atoms with Crippen molar-refractivity contribution in [1.82, 2.24) is 24.1 Å². The van der Waals surface area contributed by atoms with Crippen LogP contribution in [0, 0.1) is 6.92 Å². The van der Waals surface area contributed by atoms with Crippen LogP contribution in [-0.4, -0.2) is 31.2 Å². The number of hydrogen-bond acceptors (Lipinski definition) is 5. The van der Waals surface area contributed by atoms with Gasteiger partial charge in [-0.05, 0) is 42.8 Å². The van der Waals surface area contributed by atoms with E-state index in [9.17, 15) is 0 Å². The molecule has 3 aromatic heterocycles. The second-order valence-electron chi connectivity index (χ2n) is 5.89. The van der Waals surface area contributed by atoms with E-state index in [0.29, 0.717) is 17.0 Å². The lowest BCUT2D eigenvalue weighted by atomic mass is 10.2. The van der Waals surface area contributed by atoms with Gasteiger partial charge in [0.05, 0.1) is 30.3 Å². The fraction of sp³-hybridized carbons (Fsp3) is 0.167. The number of hydrogen-bond donors (Lipinski definition) is 1. The Hall–Kier alpha value is -3.06. The summed E-state index contributed by atoms with van der Waals surface area (Å²) in [4.78, 5) is 13.2. The predicted octanol–water partition coefficient (Wildman–Crippen LogP) is 3.87. The van der Waals surface area contributed by atoms with Crippen molar-refractivity contribution in [2.75, 3.05) is 12.4 Å². The van der Waals surface area contributed by atoms with Crippen molar-refractivity contribution in [3.05, 3.63) is 53.8 Å². The van der Waals surface area contributed by atoms with Gasteiger partial charge in [-0.15, -0.1) is 0 Å². The molecule has 7 nitrogen and oxygen atoms in total. The highest BCUT2D eigenvalue weighted by Gasteiger charge is 2.12. The van der Waals surface area contributed by atoms with Crippen LogP contribution < -0.4 is 10.1 Å². The number of nitrogens with zero attached hydrogens (tertiary/aromatic N) is 5. The van der Waals surface area contributed by atoms with Gasteiger partial charge in [-0.2, -0.15) is 4.98 Å². The molecule has 4 rings (SSSR count). The lowest BCUT2D eigenvalue weighted by molar-refractivity contribution is 0.396. The number of fused-ring (bicyclic) bond motifs is 1. The van der Waals surface area contributed by atoms with E-state index < -0.39 is 0 Å². The quantitative estimate of drug-likeness (QED) is 0.592. The Morgan fingerprint density at radius 1 is 1.15 bits per heavy atom. The molecule has 0 fully saturated rings. The number of halogens is 1. The fourth-order valence-corrected chi connectivity index (χ4v) is 3.00. The molecule has 8 heteroatoms. The number of pyridine rings is 1. The maximum Gasteiger partial charge on any atom is 0.240 e. The third kappa shape index (κ3) is 2.76. The van der Waals surface area contributed by atoms with Gasteiger partial charge in [-0.1, -0.05) is 6.07 Å². The van der Waals surface area contributed by atoms with Crippen molar-refractivity contribution in [1.29, 1.82) is 0 Å². The Kier molecular flexibility index (Phi) is 4.00. The first-order chi connectivity index (χ1) is 12.6. The number of benzene rings is 1. The van der Waals surface area contributed by atoms with Gasteiger partial charge in [0.15, 0.2) is 0 Å². The van der Waals surface area contributed by atoms with Crippen molar-refractivity contribution < 1.29 is 4.74 Å². The maximum atomic E-state index is 6.15. The predicted molar refractivity (Wildman–Crippen MR) is 102 cm³/mol. The first kappa shape index (κ1) is 16.4. The van der Waals surface area contributed by atoms with Gasteiger partial charge < -0.3 is 19.2 Å². The van der Waals surface area contributed by atoms with Crippen LogP contribution in [-0.2, 0) is 7.05 Å². The van der Waals surface area contributed by atoms with E-state index in [1.54, 1.807) is 13.4 Å². The van der Waals surface area contributed by atoms with E-state index in [1.807, 2.05) is 59.6 Å². The minimum Gasteiger partial charge on any atom is -0.479 e. The zero-order chi connectivity index (χ0) is 18.3. The van der Waals surface area contributed by atoms with Gasteiger partial charge in [-0.25, -0.2) is 9.97 Å². The minimum absolute atomic E-state index is 0.436. The van der Waals surface area contributed by atoms with Crippen LogP contribution in [0.15, 0.2) is 42.9 Å². The fourth-order valence-electron chi connectivity index (χ4n) is 2.83. The van der Waals surface area contributed by atoms with Crippen LogP contribution >= 0.6 is 11.6 Å². The molecule has 0 spiro atoms. The van der Waals surface area contributed by atoms with Gasteiger partial charge >= 0.3 is 0 Å². The number of aryl methyl sites for hydroxylation is 2. The molecule has 0 bridgehead atoms. The summed E-state index contributed by atoms with van der Waals surface area (Å²) in [6.45, 7) is 1.94. The van der Waals surface area contributed by atoms with Gasteiger partial charge in [0, 0.05) is 13.2 Å². The molecule has 0 unspecified atom stereocenters. The summed E-state index contributed by atoms with van der Waals surface area (Å²) < 4.78 is 9.17. The number of para-hydroxylation sites is 1. The van der Waals surface area contributed by atoms with E-state index in [-0.39, 0.29) is 0 Å². The summed E-state index contributed by atoms with van der Waals surface area (Å²) in [6, 6.07) is 9.67. The molecule has 4 aromatic rings. The van der Waals surface area contributed by atoms with Crippen molar-refractivity contribution in [2.45, 2.75) is 6.92 Å². The van der Waals surface area contributed by atoms with Crippen LogP contribution in [0.4, 0.5) is 11.5 Å². The largest absolute Gasteiger partial charge is 0.479 e. The monoisotopic (exact) mass is 368 g/mol. The maximum absolute atomic E-state index is 6.15. The molecule has 1 aromatic carbocycles. The van der Waals surface area contributed by atoms with E-state index in [0.717, 1.165) is 28.1 Å².